The van der Waals surface area contributed by atoms with Gasteiger partial charge in [-0.15, -0.1) is 0 Å². The lowest BCUT2D eigenvalue weighted by atomic mass is 9.78. The van der Waals surface area contributed by atoms with Crippen LogP contribution in [-0.2, 0) is 9.59 Å². The second-order valence-electron chi connectivity index (χ2n) is 5.72. The van der Waals surface area contributed by atoms with Gasteiger partial charge in [-0.3, -0.25) is 14.5 Å². The Morgan fingerprint density at radius 2 is 1.95 bits per heavy atom. The van der Waals surface area contributed by atoms with Gasteiger partial charge in [-0.1, -0.05) is 6.92 Å². The van der Waals surface area contributed by atoms with Gasteiger partial charge in [-0.2, -0.15) is 0 Å². The fraction of sp³-hybridized carbons (Fsp3) is 0.857. The first-order chi connectivity index (χ1) is 9.40. The number of nitrogens with zero attached hydrogens (tertiary/aromatic N) is 1. The van der Waals surface area contributed by atoms with E-state index in [0.29, 0.717) is 32.2 Å². The molecule has 0 spiro atoms. The van der Waals surface area contributed by atoms with Gasteiger partial charge >= 0.3 is 5.97 Å². The van der Waals surface area contributed by atoms with E-state index < -0.39 is 11.6 Å². The van der Waals surface area contributed by atoms with Crippen molar-refractivity contribution < 1.29 is 19.8 Å². The molecule has 3 N–H and O–H groups in total. The van der Waals surface area contributed by atoms with Gasteiger partial charge < -0.3 is 15.5 Å². The highest BCUT2D eigenvalue weighted by atomic mass is 16.4. The number of carboxylic acids is 1. The van der Waals surface area contributed by atoms with E-state index in [1.165, 1.54) is 0 Å². The number of likely N-dealkylation sites (N-methyl/N-ethyl adjacent to an activating group) is 1. The second kappa shape index (κ2) is 7.59. The summed E-state index contributed by atoms with van der Waals surface area (Å²) in [5, 5.41) is 22.2. The molecule has 0 aliphatic heterocycles. The van der Waals surface area contributed by atoms with E-state index in [2.05, 4.69) is 5.32 Å². The van der Waals surface area contributed by atoms with Crippen LogP contribution in [0.3, 0.4) is 0 Å². The highest BCUT2D eigenvalue weighted by Crippen LogP contribution is 2.32. The van der Waals surface area contributed by atoms with Gasteiger partial charge in [0.05, 0.1) is 18.1 Å². The number of hydrogen-bond donors (Lipinski definition) is 3. The molecule has 116 valence electrons. The van der Waals surface area contributed by atoms with Crippen LogP contribution in [0.1, 0.15) is 39.0 Å². The normalized spacial score (nSPS) is 26.5. The topological polar surface area (TPSA) is 89.9 Å². The molecule has 0 saturated heterocycles. The van der Waals surface area contributed by atoms with Crippen LogP contribution in [0.15, 0.2) is 0 Å². The summed E-state index contributed by atoms with van der Waals surface area (Å²) in [6, 6.07) is 0. The molecule has 20 heavy (non-hydrogen) atoms. The summed E-state index contributed by atoms with van der Waals surface area (Å²) in [6.07, 6.45) is 2.89. The van der Waals surface area contributed by atoms with Crippen molar-refractivity contribution in [2.75, 3.05) is 26.7 Å². The first kappa shape index (κ1) is 16.9. The monoisotopic (exact) mass is 286 g/mol. The Morgan fingerprint density at radius 3 is 2.40 bits per heavy atom. The number of carbonyl (C=O) groups excluding carboxylic acids is 1. The maximum absolute atomic E-state index is 11.5. The zero-order valence-corrected chi connectivity index (χ0v) is 12.4. The van der Waals surface area contributed by atoms with Gasteiger partial charge in [0.25, 0.3) is 0 Å². The molecule has 0 heterocycles. The zero-order chi connectivity index (χ0) is 15.2. The molecule has 0 aromatic heterocycles. The average Bonchev–Trinajstić information content (AvgIpc) is 2.38. The van der Waals surface area contributed by atoms with E-state index in [1.54, 1.807) is 7.05 Å². The van der Waals surface area contributed by atoms with E-state index in [4.69, 9.17) is 5.11 Å². The van der Waals surface area contributed by atoms with Crippen LogP contribution in [0.5, 0.6) is 0 Å². The number of carboxylic acid groups (broad SMARTS) is 1. The molecule has 1 fully saturated rings. The van der Waals surface area contributed by atoms with E-state index in [1.807, 2.05) is 11.8 Å². The SMILES string of the molecule is CCCN(CC(=O)NC)CC1(O)CCC(C(=O)O)CC1. The number of carbonyl (C=O) groups is 2. The Balaban J connectivity index is 2.54. The number of aliphatic carboxylic acids is 1. The average molecular weight is 286 g/mol. The van der Waals surface area contributed by atoms with Crippen molar-refractivity contribution >= 4 is 11.9 Å². The van der Waals surface area contributed by atoms with Crippen LogP contribution in [0.4, 0.5) is 0 Å². The van der Waals surface area contributed by atoms with Crippen molar-refractivity contribution in [3.8, 4) is 0 Å². The Hall–Kier alpha value is -1.14. The molecule has 0 unspecified atom stereocenters. The highest BCUT2D eigenvalue weighted by molar-refractivity contribution is 5.77. The predicted molar refractivity (Wildman–Crippen MR) is 75.3 cm³/mol. The standard InChI is InChI=1S/C14H26N2O4/c1-3-8-16(9-12(17)15-2)10-14(20)6-4-11(5-7-14)13(18)19/h11,20H,3-10H2,1-2H3,(H,15,17)(H,18,19). The number of nitrogens with one attached hydrogen (secondary N) is 1. The van der Waals surface area contributed by atoms with Gasteiger partial charge in [-0.05, 0) is 38.6 Å². The lowest BCUT2D eigenvalue weighted by molar-refractivity contribution is -0.145. The van der Waals surface area contributed by atoms with Crippen molar-refractivity contribution in [2.24, 2.45) is 5.92 Å². The van der Waals surface area contributed by atoms with Crippen molar-refractivity contribution in [1.29, 1.82) is 0 Å². The Bertz CT molecular complexity index is 338. The molecular weight excluding hydrogens is 260 g/mol. The number of amides is 1. The molecule has 6 heteroatoms. The molecule has 1 aliphatic rings. The summed E-state index contributed by atoms with van der Waals surface area (Å²) in [5.41, 5.74) is -0.866. The molecule has 6 nitrogen and oxygen atoms in total. The lowest BCUT2D eigenvalue weighted by Crippen LogP contribution is -2.48. The predicted octanol–water partition coefficient (Wildman–Crippen LogP) is 0.450. The molecule has 0 bridgehead atoms. The molecule has 1 amide bonds. The van der Waals surface area contributed by atoms with Crippen LogP contribution < -0.4 is 5.32 Å². The van der Waals surface area contributed by atoms with E-state index in [0.717, 1.165) is 13.0 Å². The molecule has 1 saturated carbocycles. The number of hydrogen-bond acceptors (Lipinski definition) is 4. The first-order valence-corrected chi connectivity index (χ1v) is 7.28. The summed E-state index contributed by atoms with van der Waals surface area (Å²) in [6.45, 7) is 3.48. The zero-order valence-electron chi connectivity index (χ0n) is 12.4. The molecular formula is C14H26N2O4. The first-order valence-electron chi connectivity index (χ1n) is 7.28. The minimum atomic E-state index is -0.866. The quantitative estimate of drug-likeness (QED) is 0.632. The summed E-state index contributed by atoms with van der Waals surface area (Å²) < 4.78 is 0. The number of rotatable bonds is 7. The minimum Gasteiger partial charge on any atom is -0.481 e. The Morgan fingerprint density at radius 1 is 1.35 bits per heavy atom. The van der Waals surface area contributed by atoms with Gasteiger partial charge in [0.2, 0.25) is 5.91 Å². The van der Waals surface area contributed by atoms with Crippen LogP contribution >= 0.6 is 0 Å². The molecule has 1 aliphatic carbocycles. The van der Waals surface area contributed by atoms with Gasteiger partial charge in [0.1, 0.15) is 0 Å². The van der Waals surface area contributed by atoms with Crippen LogP contribution in [-0.4, -0.2) is 59.3 Å². The van der Waals surface area contributed by atoms with Gasteiger partial charge in [0.15, 0.2) is 0 Å². The van der Waals surface area contributed by atoms with Crippen molar-refractivity contribution in [2.45, 2.75) is 44.6 Å². The largest absolute Gasteiger partial charge is 0.481 e. The van der Waals surface area contributed by atoms with E-state index in [-0.39, 0.29) is 18.4 Å². The summed E-state index contributed by atoms with van der Waals surface area (Å²) in [7, 11) is 1.60. The smallest absolute Gasteiger partial charge is 0.306 e. The van der Waals surface area contributed by atoms with E-state index in [9.17, 15) is 14.7 Å². The molecule has 0 aromatic carbocycles. The second-order valence-corrected chi connectivity index (χ2v) is 5.72. The summed E-state index contributed by atoms with van der Waals surface area (Å²) >= 11 is 0. The van der Waals surface area contributed by atoms with Crippen molar-refractivity contribution in [3.63, 3.8) is 0 Å². The summed E-state index contributed by atoms with van der Waals surface area (Å²) in [4.78, 5) is 24.3. The van der Waals surface area contributed by atoms with Gasteiger partial charge in [0, 0.05) is 13.6 Å². The maximum atomic E-state index is 11.5. The molecule has 0 aromatic rings. The fourth-order valence-electron chi connectivity index (χ4n) is 2.79. The Labute approximate surface area is 120 Å². The third kappa shape index (κ3) is 5.09. The minimum absolute atomic E-state index is 0.0683. The fourth-order valence-corrected chi connectivity index (χ4v) is 2.79. The maximum Gasteiger partial charge on any atom is 0.306 e. The van der Waals surface area contributed by atoms with E-state index >= 15 is 0 Å². The molecule has 0 atom stereocenters. The van der Waals surface area contributed by atoms with Crippen LogP contribution in [0.25, 0.3) is 0 Å². The Kier molecular flexibility index (Phi) is 6.42. The van der Waals surface area contributed by atoms with Crippen molar-refractivity contribution in [3.05, 3.63) is 0 Å². The third-order valence-corrected chi connectivity index (χ3v) is 3.97. The summed E-state index contributed by atoms with van der Waals surface area (Å²) in [5.74, 6) is -1.18. The number of aliphatic hydroxyl groups is 1. The molecule has 1 rings (SSSR count). The van der Waals surface area contributed by atoms with Crippen molar-refractivity contribution in [1.82, 2.24) is 10.2 Å². The third-order valence-electron chi connectivity index (χ3n) is 3.97. The highest BCUT2D eigenvalue weighted by Gasteiger charge is 2.37. The van der Waals surface area contributed by atoms with Gasteiger partial charge in [-0.25, -0.2) is 0 Å². The van der Waals surface area contributed by atoms with Crippen LogP contribution in [0.2, 0.25) is 0 Å². The lowest BCUT2D eigenvalue weighted by Gasteiger charge is -2.38. The molecule has 0 radical (unpaired) electrons. The van der Waals surface area contributed by atoms with Crippen LogP contribution in [0, 0.1) is 5.92 Å².